The molecule has 2 N–H and O–H groups in total. The molecule has 0 aliphatic carbocycles. The van der Waals surface area contributed by atoms with Crippen molar-refractivity contribution in [1.82, 2.24) is 20.2 Å². The zero-order valence-electron chi connectivity index (χ0n) is 24.2. The number of hydrogen-bond acceptors (Lipinski definition) is 7. The number of unbranched alkanes of at least 4 members (excludes halogenated alkanes) is 1. The van der Waals surface area contributed by atoms with Gasteiger partial charge >= 0.3 is 0 Å². The van der Waals surface area contributed by atoms with E-state index in [1.54, 1.807) is 17.0 Å². The first kappa shape index (κ1) is 30.0. The zero-order chi connectivity index (χ0) is 30.7. The summed E-state index contributed by atoms with van der Waals surface area (Å²) in [4.78, 5) is 38.5. The van der Waals surface area contributed by atoms with Gasteiger partial charge in [0.2, 0.25) is 17.8 Å². The first-order valence-electron chi connectivity index (χ1n) is 14.2. The van der Waals surface area contributed by atoms with Crippen LogP contribution in [0.1, 0.15) is 19.8 Å². The summed E-state index contributed by atoms with van der Waals surface area (Å²) in [6, 6.07) is 12.2. The Kier molecular flexibility index (Phi) is 8.96. The van der Waals surface area contributed by atoms with Gasteiger partial charge in [-0.15, -0.1) is 0 Å². The van der Waals surface area contributed by atoms with E-state index >= 15 is 4.39 Å². The van der Waals surface area contributed by atoms with Crippen molar-refractivity contribution in [2.75, 3.05) is 56.1 Å². The lowest BCUT2D eigenvalue weighted by Crippen LogP contribution is -2.48. The summed E-state index contributed by atoms with van der Waals surface area (Å²) < 4.78 is 16.7. The molecule has 1 aromatic heterocycles. The predicted octanol–water partition coefficient (Wildman–Crippen LogP) is 5.14. The van der Waals surface area contributed by atoms with Crippen LogP contribution in [0.3, 0.4) is 0 Å². The summed E-state index contributed by atoms with van der Waals surface area (Å²) in [6.07, 6.45) is 2.83. The van der Waals surface area contributed by atoms with Crippen molar-refractivity contribution < 1.29 is 19.1 Å². The Balaban J connectivity index is 1.60. The number of aromatic hydroxyl groups is 1. The van der Waals surface area contributed by atoms with Crippen molar-refractivity contribution in [2.24, 2.45) is 0 Å². The monoisotopic (exact) mass is 604 g/mol. The van der Waals surface area contributed by atoms with Crippen LogP contribution in [0, 0.1) is 5.82 Å². The molecule has 11 heteroatoms. The molecule has 0 saturated carbocycles. The van der Waals surface area contributed by atoms with Gasteiger partial charge in [-0.25, -0.2) is 9.37 Å². The number of nitrogens with zero attached hydrogens (tertiary/aromatic N) is 5. The number of amides is 2. The highest BCUT2D eigenvalue weighted by atomic mass is 35.5. The number of carbonyl (C=O) groups excluding carboxylic acids is 2. The molecule has 4 aromatic rings. The van der Waals surface area contributed by atoms with Gasteiger partial charge in [-0.2, -0.15) is 4.98 Å². The first-order valence-corrected chi connectivity index (χ1v) is 14.6. The van der Waals surface area contributed by atoms with E-state index in [2.05, 4.69) is 16.9 Å². The van der Waals surface area contributed by atoms with Gasteiger partial charge in [0, 0.05) is 64.2 Å². The van der Waals surface area contributed by atoms with Crippen LogP contribution in [0.5, 0.6) is 5.75 Å². The van der Waals surface area contributed by atoms with Gasteiger partial charge in [0.25, 0.3) is 0 Å². The highest BCUT2D eigenvalue weighted by Gasteiger charge is 2.27. The van der Waals surface area contributed by atoms with E-state index in [1.165, 1.54) is 19.1 Å². The van der Waals surface area contributed by atoms with Crippen molar-refractivity contribution in [3.63, 3.8) is 0 Å². The molecular weight excluding hydrogens is 571 g/mol. The third-order valence-corrected chi connectivity index (χ3v) is 7.97. The van der Waals surface area contributed by atoms with Crippen LogP contribution in [-0.4, -0.2) is 78.1 Å². The molecule has 0 spiro atoms. The predicted molar refractivity (Wildman–Crippen MR) is 169 cm³/mol. The van der Waals surface area contributed by atoms with E-state index in [4.69, 9.17) is 16.6 Å². The second-order valence-electron chi connectivity index (χ2n) is 10.6. The van der Waals surface area contributed by atoms with E-state index in [-0.39, 0.29) is 33.7 Å². The number of fused-ring (bicyclic) bond motifs is 2. The second-order valence-corrected chi connectivity index (χ2v) is 11.0. The molecule has 2 heterocycles. The quantitative estimate of drug-likeness (QED) is 0.202. The minimum absolute atomic E-state index is 0.000678. The lowest BCUT2D eigenvalue weighted by atomic mass is 9.96. The Morgan fingerprint density at radius 1 is 1.12 bits per heavy atom. The second kappa shape index (κ2) is 12.8. The van der Waals surface area contributed by atoms with Gasteiger partial charge in [-0.1, -0.05) is 42.4 Å². The summed E-state index contributed by atoms with van der Waals surface area (Å²) in [5.74, 6) is 0.0598. The lowest BCUT2D eigenvalue weighted by Gasteiger charge is -2.35. The molecule has 5 rings (SSSR count). The molecule has 1 fully saturated rings. The van der Waals surface area contributed by atoms with Gasteiger partial charge in [0.15, 0.2) is 5.82 Å². The van der Waals surface area contributed by atoms with E-state index < -0.39 is 5.82 Å². The fourth-order valence-corrected chi connectivity index (χ4v) is 5.73. The van der Waals surface area contributed by atoms with Crippen LogP contribution < -0.4 is 15.1 Å². The number of anilines is 2. The third kappa shape index (κ3) is 6.34. The van der Waals surface area contributed by atoms with Crippen LogP contribution in [0.15, 0.2) is 55.1 Å². The molecule has 224 valence electrons. The van der Waals surface area contributed by atoms with Gasteiger partial charge in [-0.3, -0.25) is 9.59 Å². The van der Waals surface area contributed by atoms with Crippen LogP contribution >= 0.6 is 11.6 Å². The summed E-state index contributed by atoms with van der Waals surface area (Å²) in [6.45, 7) is 8.13. The highest BCUT2D eigenvalue weighted by Crippen LogP contribution is 2.42. The van der Waals surface area contributed by atoms with Crippen LogP contribution in [0.25, 0.3) is 32.8 Å². The molecule has 0 unspecified atom stereocenters. The minimum atomic E-state index is -0.609. The number of hydrogen-bond donors (Lipinski definition) is 2. The number of benzene rings is 3. The Morgan fingerprint density at radius 2 is 1.86 bits per heavy atom. The highest BCUT2D eigenvalue weighted by molar-refractivity contribution is 6.35. The fourth-order valence-electron chi connectivity index (χ4n) is 5.43. The molecule has 0 atom stereocenters. The number of phenols is 1. The fraction of sp³-hybridized carbons (Fsp3) is 0.312. The maximum atomic E-state index is 16.7. The van der Waals surface area contributed by atoms with Gasteiger partial charge < -0.3 is 25.1 Å². The van der Waals surface area contributed by atoms with Crippen LogP contribution in [0.2, 0.25) is 5.02 Å². The standard InChI is InChI=1S/C32H34ClFN6O3/c1-4-27(43)39-13-15-40(16-14-39)31-25-19-26(33)28(24-18-22(42)17-21-9-5-6-10-23(21)24)29(34)30(25)36-32(37-31)38(3)12-8-7-11-35-20(2)41/h4-6,9-10,17-19,42H,1,7-8,11-16H2,2-3H3,(H,35,41). The van der Waals surface area contributed by atoms with Crippen molar-refractivity contribution in [3.05, 3.63) is 66.0 Å². The summed E-state index contributed by atoms with van der Waals surface area (Å²) in [5.41, 5.74) is 0.724. The molecule has 0 radical (unpaired) electrons. The van der Waals surface area contributed by atoms with Crippen LogP contribution in [-0.2, 0) is 9.59 Å². The topological polar surface area (TPSA) is 102 Å². The molecule has 1 saturated heterocycles. The maximum Gasteiger partial charge on any atom is 0.246 e. The molecule has 2 amide bonds. The van der Waals surface area contributed by atoms with Gasteiger partial charge in [-0.05, 0) is 53.5 Å². The number of nitrogens with one attached hydrogen (secondary N) is 1. The van der Waals surface area contributed by atoms with Gasteiger partial charge in [0.05, 0.1) is 5.02 Å². The summed E-state index contributed by atoms with van der Waals surface area (Å²) in [5, 5.41) is 15.4. The molecule has 1 aliphatic rings. The van der Waals surface area contributed by atoms with Crippen LogP contribution in [0.4, 0.5) is 16.2 Å². The number of aromatic nitrogens is 2. The molecule has 0 bridgehead atoms. The van der Waals surface area contributed by atoms with E-state index in [0.29, 0.717) is 62.0 Å². The number of carbonyl (C=O) groups is 2. The summed E-state index contributed by atoms with van der Waals surface area (Å²) >= 11 is 6.81. The molecule has 1 aliphatic heterocycles. The van der Waals surface area contributed by atoms with Crippen molar-refractivity contribution in [2.45, 2.75) is 19.8 Å². The van der Waals surface area contributed by atoms with Crippen molar-refractivity contribution in [1.29, 1.82) is 0 Å². The summed E-state index contributed by atoms with van der Waals surface area (Å²) in [7, 11) is 1.85. The average molecular weight is 605 g/mol. The Labute approximate surface area is 254 Å². The number of rotatable bonds is 9. The lowest BCUT2D eigenvalue weighted by molar-refractivity contribution is -0.126. The number of phenolic OH excluding ortho intramolecular Hbond substituents is 1. The normalized spacial score (nSPS) is 13.4. The zero-order valence-corrected chi connectivity index (χ0v) is 25.0. The largest absolute Gasteiger partial charge is 0.508 e. The number of halogens is 2. The van der Waals surface area contributed by atoms with Crippen molar-refractivity contribution >= 4 is 56.9 Å². The van der Waals surface area contributed by atoms with E-state index in [9.17, 15) is 14.7 Å². The first-order chi connectivity index (χ1) is 20.7. The van der Waals surface area contributed by atoms with E-state index in [1.807, 2.05) is 41.1 Å². The number of piperazine rings is 1. The molecule has 3 aromatic carbocycles. The Morgan fingerprint density at radius 3 is 2.58 bits per heavy atom. The molecular formula is C32H34ClFN6O3. The van der Waals surface area contributed by atoms with Crippen molar-refractivity contribution in [3.8, 4) is 16.9 Å². The van der Waals surface area contributed by atoms with Gasteiger partial charge in [0.1, 0.15) is 17.1 Å². The Bertz CT molecular complexity index is 1710. The minimum Gasteiger partial charge on any atom is -0.508 e. The smallest absolute Gasteiger partial charge is 0.246 e. The average Bonchev–Trinajstić information content (AvgIpc) is 3.00. The molecule has 9 nitrogen and oxygen atoms in total. The Hall–Kier alpha value is -4.44. The maximum absolute atomic E-state index is 16.7. The third-order valence-electron chi connectivity index (χ3n) is 7.67. The SMILES string of the molecule is C=CC(=O)N1CCN(c2nc(N(C)CCCCNC(C)=O)nc3c(F)c(-c4cc(O)cc5ccccc45)c(Cl)cc23)CC1. The molecule has 43 heavy (non-hydrogen) atoms. The van der Waals surface area contributed by atoms with E-state index in [0.717, 1.165) is 23.6 Å².